The van der Waals surface area contributed by atoms with Gasteiger partial charge in [0, 0.05) is 0 Å². The van der Waals surface area contributed by atoms with E-state index in [1.807, 2.05) is 25.1 Å². The molecule has 1 aromatic carbocycles. The third-order valence-electron chi connectivity index (χ3n) is 3.39. The molecule has 1 fully saturated rings. The molecule has 3 heteroatoms. The first-order valence-corrected chi connectivity index (χ1v) is 5.46. The monoisotopic (exact) mass is 217 g/mol. The van der Waals surface area contributed by atoms with E-state index in [-0.39, 0.29) is 5.54 Å². The van der Waals surface area contributed by atoms with Crippen molar-refractivity contribution in [3.63, 3.8) is 0 Å². The first kappa shape index (κ1) is 10.9. The van der Waals surface area contributed by atoms with Crippen LogP contribution in [-0.2, 0) is 10.3 Å². The number of rotatable bonds is 3. The average molecular weight is 217 g/mol. The lowest BCUT2D eigenvalue weighted by Gasteiger charge is -2.37. The minimum absolute atomic E-state index is 0.331. The standard InChI is InChI=1S/C13H15NO2/c1-10-4-5-11(8-12(10)16-2)13(14-9-15)6-3-7-13/h4-5,8H,3,6-7H2,1-2H3. The van der Waals surface area contributed by atoms with E-state index in [4.69, 9.17) is 4.74 Å². The molecule has 0 unspecified atom stereocenters. The van der Waals surface area contributed by atoms with E-state index < -0.39 is 0 Å². The lowest BCUT2D eigenvalue weighted by Crippen LogP contribution is -2.31. The third kappa shape index (κ3) is 1.63. The highest BCUT2D eigenvalue weighted by molar-refractivity contribution is 5.44. The molecule has 1 aliphatic rings. The van der Waals surface area contributed by atoms with E-state index in [0.29, 0.717) is 0 Å². The van der Waals surface area contributed by atoms with Gasteiger partial charge >= 0.3 is 0 Å². The van der Waals surface area contributed by atoms with Gasteiger partial charge in [-0.3, -0.25) is 0 Å². The summed E-state index contributed by atoms with van der Waals surface area (Å²) < 4.78 is 5.29. The van der Waals surface area contributed by atoms with Gasteiger partial charge in [-0.1, -0.05) is 12.1 Å². The summed E-state index contributed by atoms with van der Waals surface area (Å²) in [5.41, 5.74) is 1.82. The summed E-state index contributed by atoms with van der Waals surface area (Å²) in [6.07, 6.45) is 4.66. The smallest absolute Gasteiger partial charge is 0.235 e. The Morgan fingerprint density at radius 1 is 1.44 bits per heavy atom. The summed E-state index contributed by atoms with van der Waals surface area (Å²) in [6.45, 7) is 2.00. The Morgan fingerprint density at radius 3 is 2.69 bits per heavy atom. The number of hydrogen-bond donors (Lipinski definition) is 0. The van der Waals surface area contributed by atoms with Crippen molar-refractivity contribution >= 4 is 6.08 Å². The van der Waals surface area contributed by atoms with Crippen molar-refractivity contribution in [3.05, 3.63) is 29.3 Å². The fourth-order valence-corrected chi connectivity index (χ4v) is 2.17. The molecule has 1 aliphatic carbocycles. The number of carbonyl (C=O) groups excluding carboxylic acids is 1. The molecule has 0 saturated heterocycles. The van der Waals surface area contributed by atoms with E-state index in [1.54, 1.807) is 13.2 Å². The summed E-state index contributed by atoms with van der Waals surface area (Å²) in [4.78, 5) is 14.5. The number of aryl methyl sites for hydroxylation is 1. The zero-order chi connectivity index (χ0) is 11.6. The first-order chi connectivity index (χ1) is 7.72. The molecular weight excluding hydrogens is 202 g/mol. The van der Waals surface area contributed by atoms with Crippen LogP contribution >= 0.6 is 0 Å². The van der Waals surface area contributed by atoms with Crippen LogP contribution in [0, 0.1) is 6.92 Å². The highest BCUT2D eigenvalue weighted by Gasteiger charge is 2.39. The van der Waals surface area contributed by atoms with E-state index >= 15 is 0 Å². The topological polar surface area (TPSA) is 38.7 Å². The van der Waals surface area contributed by atoms with Crippen LogP contribution in [0.25, 0.3) is 0 Å². The summed E-state index contributed by atoms with van der Waals surface area (Å²) in [5.74, 6) is 0.852. The maximum atomic E-state index is 10.5. The van der Waals surface area contributed by atoms with Crippen LogP contribution in [0.1, 0.15) is 30.4 Å². The Bertz CT molecular complexity index is 443. The minimum atomic E-state index is -0.331. The summed E-state index contributed by atoms with van der Waals surface area (Å²) in [7, 11) is 1.66. The average Bonchev–Trinajstić information content (AvgIpc) is 2.24. The number of hydrogen-bond acceptors (Lipinski definition) is 3. The van der Waals surface area contributed by atoms with Crippen LogP contribution in [0.4, 0.5) is 0 Å². The predicted molar refractivity (Wildman–Crippen MR) is 61.4 cm³/mol. The van der Waals surface area contributed by atoms with Crippen molar-refractivity contribution in [2.45, 2.75) is 31.7 Å². The number of nitrogens with zero attached hydrogens (tertiary/aromatic N) is 1. The summed E-state index contributed by atoms with van der Waals surface area (Å²) >= 11 is 0. The molecule has 0 aliphatic heterocycles. The molecule has 0 amide bonds. The van der Waals surface area contributed by atoms with E-state index in [0.717, 1.165) is 36.1 Å². The molecule has 0 heterocycles. The second kappa shape index (κ2) is 4.11. The molecular formula is C13H15NO2. The van der Waals surface area contributed by atoms with Crippen LogP contribution in [0.2, 0.25) is 0 Å². The van der Waals surface area contributed by atoms with Crippen molar-refractivity contribution in [2.75, 3.05) is 7.11 Å². The summed E-state index contributed by atoms with van der Waals surface area (Å²) in [5, 5.41) is 0. The molecule has 0 radical (unpaired) electrons. The Labute approximate surface area is 95.2 Å². The molecule has 0 bridgehead atoms. The number of isocyanates is 1. The lowest BCUT2D eigenvalue weighted by molar-refractivity contribution is 0.255. The van der Waals surface area contributed by atoms with Gasteiger partial charge in [-0.2, -0.15) is 4.99 Å². The highest BCUT2D eigenvalue weighted by atomic mass is 16.5. The Balaban J connectivity index is 2.43. The van der Waals surface area contributed by atoms with E-state index in [2.05, 4.69) is 4.99 Å². The van der Waals surface area contributed by atoms with Gasteiger partial charge in [-0.25, -0.2) is 4.79 Å². The number of benzene rings is 1. The Morgan fingerprint density at radius 2 is 2.19 bits per heavy atom. The first-order valence-electron chi connectivity index (χ1n) is 5.46. The molecule has 2 rings (SSSR count). The van der Waals surface area contributed by atoms with Gasteiger partial charge in [0.15, 0.2) is 0 Å². The normalized spacial score (nSPS) is 17.1. The van der Waals surface area contributed by atoms with Gasteiger partial charge in [0.1, 0.15) is 5.75 Å². The van der Waals surface area contributed by atoms with Gasteiger partial charge in [0.05, 0.1) is 12.6 Å². The number of ether oxygens (including phenoxy) is 1. The quantitative estimate of drug-likeness (QED) is 0.576. The summed E-state index contributed by atoms with van der Waals surface area (Å²) in [6, 6.07) is 6.02. The van der Waals surface area contributed by atoms with Crippen LogP contribution in [0.3, 0.4) is 0 Å². The van der Waals surface area contributed by atoms with Crippen molar-refractivity contribution in [3.8, 4) is 5.75 Å². The molecule has 84 valence electrons. The largest absolute Gasteiger partial charge is 0.496 e. The molecule has 16 heavy (non-hydrogen) atoms. The highest BCUT2D eigenvalue weighted by Crippen LogP contribution is 2.45. The Hall–Kier alpha value is -1.60. The van der Waals surface area contributed by atoms with Gasteiger partial charge in [-0.05, 0) is 43.4 Å². The second-order valence-electron chi connectivity index (χ2n) is 4.27. The lowest BCUT2D eigenvalue weighted by atomic mass is 9.72. The molecule has 0 spiro atoms. The third-order valence-corrected chi connectivity index (χ3v) is 3.39. The molecule has 0 aromatic heterocycles. The fourth-order valence-electron chi connectivity index (χ4n) is 2.17. The number of aliphatic imine (C=N–C) groups is 1. The van der Waals surface area contributed by atoms with Crippen LogP contribution in [-0.4, -0.2) is 13.2 Å². The van der Waals surface area contributed by atoms with Gasteiger partial charge in [-0.15, -0.1) is 0 Å². The van der Waals surface area contributed by atoms with Gasteiger partial charge < -0.3 is 4.74 Å². The molecule has 0 N–H and O–H groups in total. The van der Waals surface area contributed by atoms with Gasteiger partial charge in [0.25, 0.3) is 0 Å². The van der Waals surface area contributed by atoms with Crippen LogP contribution < -0.4 is 4.74 Å². The van der Waals surface area contributed by atoms with Crippen molar-refractivity contribution in [2.24, 2.45) is 4.99 Å². The predicted octanol–water partition coefficient (Wildman–Crippen LogP) is 2.72. The van der Waals surface area contributed by atoms with Crippen LogP contribution in [0.5, 0.6) is 5.75 Å². The van der Waals surface area contributed by atoms with Gasteiger partial charge in [0.2, 0.25) is 6.08 Å². The molecule has 0 atom stereocenters. The molecule has 1 saturated carbocycles. The fraction of sp³-hybridized carbons (Fsp3) is 0.462. The SMILES string of the molecule is COc1cc(C2(N=C=O)CCC2)ccc1C. The van der Waals surface area contributed by atoms with Crippen LogP contribution in [0.15, 0.2) is 23.2 Å². The minimum Gasteiger partial charge on any atom is -0.496 e. The zero-order valence-corrected chi connectivity index (χ0v) is 9.62. The van der Waals surface area contributed by atoms with Crippen molar-refractivity contribution < 1.29 is 9.53 Å². The van der Waals surface area contributed by atoms with Crippen molar-refractivity contribution in [1.29, 1.82) is 0 Å². The van der Waals surface area contributed by atoms with Crippen molar-refractivity contribution in [1.82, 2.24) is 0 Å². The Kier molecular flexibility index (Phi) is 2.80. The zero-order valence-electron chi connectivity index (χ0n) is 9.62. The second-order valence-corrected chi connectivity index (χ2v) is 4.27. The van der Waals surface area contributed by atoms with E-state index in [9.17, 15) is 4.79 Å². The maximum absolute atomic E-state index is 10.5. The van der Waals surface area contributed by atoms with E-state index in [1.165, 1.54) is 0 Å². The number of methoxy groups -OCH3 is 1. The molecule has 1 aromatic rings. The maximum Gasteiger partial charge on any atom is 0.235 e. The molecule has 3 nitrogen and oxygen atoms in total.